The first-order valence-corrected chi connectivity index (χ1v) is 12.9. The van der Waals surface area contributed by atoms with Crippen molar-refractivity contribution in [2.24, 2.45) is 5.73 Å². The number of carbonyl (C=O) groups is 1. The third kappa shape index (κ3) is 4.73. The summed E-state index contributed by atoms with van der Waals surface area (Å²) in [4.78, 5) is 26.6. The number of nitro benzene ring substituents is 1. The van der Waals surface area contributed by atoms with Crippen LogP contribution in [-0.2, 0) is 4.79 Å². The molecule has 2 N–H and O–H groups in total. The van der Waals surface area contributed by atoms with Crippen molar-refractivity contribution in [2.45, 2.75) is 31.6 Å². The summed E-state index contributed by atoms with van der Waals surface area (Å²) in [5.74, 6) is -0.106. The van der Waals surface area contributed by atoms with E-state index in [1.165, 1.54) is 12.1 Å². The molecule has 2 atom stereocenters. The Bertz CT molecular complexity index is 1560. The quantitative estimate of drug-likeness (QED) is 0.285. The molecule has 0 bridgehead atoms. The van der Waals surface area contributed by atoms with Crippen LogP contribution < -0.4 is 15.4 Å². The highest BCUT2D eigenvalue weighted by Crippen LogP contribution is 2.49. The van der Waals surface area contributed by atoms with Crippen molar-refractivity contribution in [3.63, 3.8) is 0 Å². The number of halogens is 1. The van der Waals surface area contributed by atoms with Crippen LogP contribution in [-0.4, -0.2) is 17.3 Å². The lowest BCUT2D eigenvalue weighted by Gasteiger charge is -2.41. The molecule has 1 aliphatic heterocycles. The molecule has 0 aromatic heterocycles. The largest absolute Gasteiger partial charge is 0.494 e. The Morgan fingerprint density at radius 3 is 2.46 bits per heavy atom. The number of nitrogens with two attached hydrogens (primary N) is 1. The third-order valence-corrected chi connectivity index (χ3v) is 7.47. The fraction of sp³-hybridized carbons (Fsp3) is 0.200. The number of ether oxygens (including phenoxy) is 1. The zero-order valence-corrected chi connectivity index (χ0v) is 21.9. The fourth-order valence-corrected chi connectivity index (χ4v) is 5.61. The van der Waals surface area contributed by atoms with Crippen molar-refractivity contribution in [2.75, 3.05) is 11.5 Å². The van der Waals surface area contributed by atoms with Crippen molar-refractivity contribution in [1.29, 1.82) is 5.26 Å². The molecule has 3 aromatic carbocycles. The monoisotopic (exact) mass is 540 g/mol. The van der Waals surface area contributed by atoms with Gasteiger partial charge in [-0.05, 0) is 54.7 Å². The molecule has 0 fully saturated rings. The molecule has 196 valence electrons. The lowest BCUT2D eigenvalue weighted by Crippen LogP contribution is -2.40. The summed E-state index contributed by atoms with van der Waals surface area (Å²) in [6.07, 6.45) is 0.720. The van der Waals surface area contributed by atoms with Gasteiger partial charge in [0.25, 0.3) is 5.69 Å². The van der Waals surface area contributed by atoms with Gasteiger partial charge in [0, 0.05) is 23.8 Å². The zero-order valence-electron chi connectivity index (χ0n) is 21.1. The third-order valence-electron chi connectivity index (χ3n) is 7.15. The Morgan fingerprint density at radius 1 is 1.10 bits per heavy atom. The maximum absolute atomic E-state index is 13.9. The van der Waals surface area contributed by atoms with Crippen LogP contribution in [0.2, 0.25) is 5.02 Å². The minimum Gasteiger partial charge on any atom is -0.494 e. The number of hydrogen-bond donors (Lipinski definition) is 1. The lowest BCUT2D eigenvalue weighted by atomic mass is 9.72. The van der Waals surface area contributed by atoms with E-state index in [4.69, 9.17) is 22.1 Å². The van der Waals surface area contributed by atoms with Gasteiger partial charge in [-0.3, -0.25) is 19.8 Å². The highest BCUT2D eigenvalue weighted by Gasteiger charge is 2.43. The molecule has 5 rings (SSSR count). The zero-order chi connectivity index (χ0) is 27.7. The molecule has 0 unspecified atom stereocenters. The number of rotatable bonds is 6. The second-order valence-corrected chi connectivity index (χ2v) is 9.78. The number of ketones is 1. The molecule has 9 heteroatoms. The summed E-state index contributed by atoms with van der Waals surface area (Å²) in [6, 6.07) is 23.6. The average molecular weight is 541 g/mol. The highest BCUT2D eigenvalue weighted by atomic mass is 35.5. The van der Waals surface area contributed by atoms with Gasteiger partial charge >= 0.3 is 0 Å². The molecule has 0 saturated carbocycles. The Kier molecular flexibility index (Phi) is 7.09. The Morgan fingerprint density at radius 2 is 1.82 bits per heavy atom. The van der Waals surface area contributed by atoms with Crippen molar-refractivity contribution in [1.82, 2.24) is 0 Å². The van der Waals surface area contributed by atoms with Crippen LogP contribution in [0.3, 0.4) is 0 Å². The minimum atomic E-state index is -0.677. The van der Waals surface area contributed by atoms with Gasteiger partial charge in [0.1, 0.15) is 16.6 Å². The van der Waals surface area contributed by atoms with Crippen molar-refractivity contribution in [3.05, 3.63) is 122 Å². The van der Waals surface area contributed by atoms with Crippen molar-refractivity contribution >= 4 is 28.8 Å². The average Bonchev–Trinajstić information content (AvgIpc) is 2.94. The van der Waals surface area contributed by atoms with Crippen LogP contribution >= 0.6 is 11.6 Å². The van der Waals surface area contributed by atoms with Gasteiger partial charge in [-0.15, -0.1) is 0 Å². The Balaban J connectivity index is 1.72. The van der Waals surface area contributed by atoms with E-state index < -0.39 is 10.8 Å². The van der Waals surface area contributed by atoms with E-state index in [2.05, 4.69) is 6.07 Å². The molecule has 0 radical (unpaired) electrons. The van der Waals surface area contributed by atoms with Gasteiger partial charge in [0.05, 0.1) is 34.8 Å². The van der Waals surface area contributed by atoms with E-state index in [9.17, 15) is 20.2 Å². The number of nitrogens with zero attached hydrogens (tertiary/aromatic N) is 3. The predicted molar refractivity (Wildman–Crippen MR) is 148 cm³/mol. The molecule has 8 nitrogen and oxygen atoms in total. The Labute approximate surface area is 230 Å². The molecule has 2 aliphatic rings. The van der Waals surface area contributed by atoms with Gasteiger partial charge in [0.2, 0.25) is 0 Å². The van der Waals surface area contributed by atoms with E-state index in [0.717, 1.165) is 11.1 Å². The maximum Gasteiger partial charge on any atom is 0.289 e. The predicted octanol–water partition coefficient (Wildman–Crippen LogP) is 6.35. The van der Waals surface area contributed by atoms with Crippen molar-refractivity contribution < 1.29 is 14.5 Å². The first-order valence-electron chi connectivity index (χ1n) is 12.5. The highest BCUT2D eigenvalue weighted by molar-refractivity contribution is 6.32. The van der Waals surface area contributed by atoms with Gasteiger partial charge < -0.3 is 10.5 Å². The van der Waals surface area contributed by atoms with Crippen LogP contribution in [0.5, 0.6) is 5.75 Å². The first-order chi connectivity index (χ1) is 18.8. The summed E-state index contributed by atoms with van der Waals surface area (Å²) in [6.45, 7) is 2.40. The topological polar surface area (TPSA) is 122 Å². The number of hydrogen-bond acceptors (Lipinski definition) is 7. The first kappa shape index (κ1) is 26.0. The minimum absolute atomic E-state index is 0.0211. The summed E-state index contributed by atoms with van der Waals surface area (Å²) in [7, 11) is 0. The van der Waals surface area contributed by atoms with Crippen LogP contribution in [0.25, 0.3) is 0 Å². The van der Waals surface area contributed by atoms with E-state index in [-0.39, 0.29) is 40.2 Å². The number of carbonyl (C=O) groups excluding carboxylic acids is 1. The molecular weight excluding hydrogens is 516 g/mol. The molecule has 1 aliphatic carbocycles. The molecule has 0 saturated heterocycles. The number of benzene rings is 3. The van der Waals surface area contributed by atoms with Gasteiger partial charge in [-0.1, -0.05) is 54.1 Å². The van der Waals surface area contributed by atoms with E-state index >= 15 is 0 Å². The van der Waals surface area contributed by atoms with Crippen LogP contribution in [0.4, 0.5) is 11.4 Å². The number of allylic oxidation sites excluding steroid dienone is 3. The molecule has 3 aromatic rings. The van der Waals surface area contributed by atoms with E-state index in [1.807, 2.05) is 49.4 Å². The maximum atomic E-state index is 13.9. The molecule has 1 heterocycles. The van der Waals surface area contributed by atoms with Gasteiger partial charge in [-0.25, -0.2) is 0 Å². The standard InChI is InChI=1S/C30H25ClN4O4/c1-2-39-22-11-8-19(9-12-22)28-23(17-32)30(33)34(21-10-13-24(31)25(16-21)35(37)38)26-14-20(15-27(36)29(26)28)18-6-4-3-5-7-18/h3-13,16,20,28H,2,14-15,33H2,1H3/t20-,28+/m0/s1. The lowest BCUT2D eigenvalue weighted by molar-refractivity contribution is -0.384. The van der Waals surface area contributed by atoms with Crippen LogP contribution in [0, 0.1) is 21.4 Å². The fourth-order valence-electron chi connectivity index (χ4n) is 5.42. The summed E-state index contributed by atoms with van der Waals surface area (Å²) in [5.41, 5.74) is 9.77. The van der Waals surface area contributed by atoms with Crippen molar-refractivity contribution in [3.8, 4) is 11.8 Å². The number of nitro groups is 1. The molecule has 0 amide bonds. The number of Topliss-reactive ketones (excluding diaryl/α,β-unsaturated/α-hetero) is 1. The summed E-state index contributed by atoms with van der Waals surface area (Å²) < 4.78 is 5.57. The second-order valence-electron chi connectivity index (χ2n) is 9.37. The summed E-state index contributed by atoms with van der Waals surface area (Å²) in [5, 5.41) is 21.9. The van der Waals surface area contributed by atoms with Gasteiger partial charge in [-0.2, -0.15) is 5.26 Å². The molecule has 0 spiro atoms. The smallest absolute Gasteiger partial charge is 0.289 e. The molecular formula is C30H25ClN4O4. The van der Waals surface area contributed by atoms with Crippen LogP contribution in [0.15, 0.2) is 95.5 Å². The number of nitriles is 1. The Hall–Kier alpha value is -4.61. The van der Waals surface area contributed by atoms with E-state index in [0.29, 0.717) is 35.7 Å². The van der Waals surface area contributed by atoms with E-state index in [1.54, 1.807) is 23.1 Å². The second kappa shape index (κ2) is 10.6. The van der Waals surface area contributed by atoms with Crippen LogP contribution in [0.1, 0.15) is 42.7 Å². The van der Waals surface area contributed by atoms with Gasteiger partial charge in [0.15, 0.2) is 5.78 Å². The number of anilines is 1. The normalized spacial score (nSPS) is 19.0. The SMILES string of the molecule is CCOc1ccc([C@@H]2C(C#N)=C(N)N(c3ccc(Cl)c([N+](=O)[O-])c3)C3=C2C(=O)C[C@@H](c2ccccc2)C3)cc1. The molecule has 39 heavy (non-hydrogen) atoms. The summed E-state index contributed by atoms with van der Waals surface area (Å²) >= 11 is 6.09.